The Bertz CT molecular complexity index is 387. The summed E-state index contributed by atoms with van der Waals surface area (Å²) in [4.78, 5) is 24.1. The fourth-order valence-electron chi connectivity index (χ4n) is 2.08. The van der Waals surface area contributed by atoms with Crippen LogP contribution >= 0.6 is 0 Å². The zero-order valence-electron chi connectivity index (χ0n) is 11.5. The van der Waals surface area contributed by atoms with Crippen molar-refractivity contribution in [3.63, 3.8) is 0 Å². The van der Waals surface area contributed by atoms with Gasteiger partial charge in [0.05, 0.1) is 6.54 Å². The van der Waals surface area contributed by atoms with Gasteiger partial charge >= 0.3 is 12.1 Å². The first-order valence-electron chi connectivity index (χ1n) is 6.41. The average molecular weight is 296 g/mol. The predicted octanol–water partition coefficient (Wildman–Crippen LogP) is 1.24. The van der Waals surface area contributed by atoms with Crippen LogP contribution < -0.4 is 5.32 Å². The van der Waals surface area contributed by atoms with Gasteiger partial charge in [0.25, 0.3) is 0 Å². The number of carbonyl (C=O) groups is 2. The monoisotopic (exact) mass is 296 g/mol. The summed E-state index contributed by atoms with van der Waals surface area (Å²) in [5.74, 6) is -2.25. The summed E-state index contributed by atoms with van der Waals surface area (Å²) >= 11 is 0. The Labute approximate surface area is 115 Å². The highest BCUT2D eigenvalue weighted by Gasteiger charge is 2.57. The summed E-state index contributed by atoms with van der Waals surface area (Å²) in [7, 11) is 0. The van der Waals surface area contributed by atoms with E-state index >= 15 is 0 Å². The van der Waals surface area contributed by atoms with Gasteiger partial charge in [-0.25, -0.2) is 4.79 Å². The molecule has 1 amide bonds. The number of carboxylic acids is 1. The molecule has 1 aliphatic heterocycles. The average Bonchev–Trinajstić information content (AvgIpc) is 2.33. The van der Waals surface area contributed by atoms with Crippen molar-refractivity contribution in [1.29, 1.82) is 0 Å². The Kier molecular flexibility index (Phi) is 5.01. The maximum absolute atomic E-state index is 12.7. The number of amides is 1. The zero-order chi connectivity index (χ0) is 15.6. The number of nitrogens with zero attached hydrogens (tertiary/aromatic N) is 1. The van der Waals surface area contributed by atoms with Crippen LogP contribution in [0.5, 0.6) is 0 Å². The Balaban J connectivity index is 2.64. The van der Waals surface area contributed by atoms with Gasteiger partial charge in [-0.15, -0.1) is 0 Å². The number of rotatable bonds is 4. The van der Waals surface area contributed by atoms with Crippen molar-refractivity contribution in [3.05, 3.63) is 0 Å². The minimum atomic E-state index is -4.98. The number of alkyl halides is 3. The Morgan fingerprint density at radius 3 is 2.45 bits per heavy atom. The van der Waals surface area contributed by atoms with Crippen LogP contribution in [0.2, 0.25) is 0 Å². The molecule has 1 rings (SSSR count). The van der Waals surface area contributed by atoms with Crippen LogP contribution in [0, 0.1) is 5.92 Å². The lowest BCUT2D eigenvalue weighted by atomic mass is 10.00. The van der Waals surface area contributed by atoms with Crippen molar-refractivity contribution >= 4 is 11.9 Å². The third-order valence-corrected chi connectivity index (χ3v) is 3.60. The van der Waals surface area contributed by atoms with Gasteiger partial charge in [-0.2, -0.15) is 13.2 Å². The zero-order valence-corrected chi connectivity index (χ0v) is 11.5. The number of hydrogen-bond donors (Lipinski definition) is 2. The smallest absolute Gasteiger partial charge is 0.417 e. The van der Waals surface area contributed by atoms with Crippen LogP contribution in [-0.2, 0) is 9.59 Å². The molecule has 0 aromatic heterocycles. The van der Waals surface area contributed by atoms with Crippen LogP contribution in [0.15, 0.2) is 0 Å². The van der Waals surface area contributed by atoms with Gasteiger partial charge < -0.3 is 10.0 Å². The molecule has 0 saturated carbocycles. The molecule has 20 heavy (non-hydrogen) atoms. The summed E-state index contributed by atoms with van der Waals surface area (Å²) in [5, 5.41) is 10.6. The van der Waals surface area contributed by atoms with Crippen LogP contribution in [0.4, 0.5) is 13.2 Å². The first-order chi connectivity index (χ1) is 9.08. The van der Waals surface area contributed by atoms with Crippen molar-refractivity contribution in [2.24, 2.45) is 5.92 Å². The normalized spacial score (nSPS) is 23.2. The molecular weight excluding hydrogens is 277 g/mol. The van der Waals surface area contributed by atoms with Crippen molar-refractivity contribution in [2.75, 3.05) is 19.6 Å². The number of nitrogens with one attached hydrogen (secondary N) is 1. The van der Waals surface area contributed by atoms with Crippen molar-refractivity contribution in [3.8, 4) is 0 Å². The van der Waals surface area contributed by atoms with Crippen molar-refractivity contribution in [1.82, 2.24) is 10.2 Å². The quantitative estimate of drug-likeness (QED) is 0.819. The molecule has 0 aromatic rings. The third-order valence-electron chi connectivity index (χ3n) is 3.60. The second kappa shape index (κ2) is 5.99. The highest BCUT2D eigenvalue weighted by molar-refractivity contribution is 5.82. The van der Waals surface area contributed by atoms with Crippen LogP contribution in [0.1, 0.15) is 26.7 Å². The Morgan fingerprint density at radius 1 is 1.40 bits per heavy atom. The molecular formula is C12H19F3N2O3. The Morgan fingerprint density at radius 2 is 2.00 bits per heavy atom. The molecule has 8 heteroatoms. The summed E-state index contributed by atoms with van der Waals surface area (Å²) in [6.07, 6.45) is -3.19. The fraction of sp³-hybridized carbons (Fsp3) is 0.833. The summed E-state index contributed by atoms with van der Waals surface area (Å²) in [5.41, 5.74) is -3.12. The molecule has 0 radical (unpaired) electrons. The van der Waals surface area contributed by atoms with E-state index in [0.29, 0.717) is 25.9 Å². The van der Waals surface area contributed by atoms with E-state index in [1.54, 1.807) is 0 Å². The van der Waals surface area contributed by atoms with Crippen LogP contribution in [0.3, 0.4) is 0 Å². The minimum Gasteiger partial charge on any atom is -0.480 e. The Hall–Kier alpha value is -1.31. The number of aliphatic carboxylic acids is 1. The standard InChI is InChI=1S/C12H19F3N2O3/c1-8-4-3-5-17(7-8)9(18)6-16-11(2,10(19)20)12(13,14)15/h8,16H,3-7H2,1-2H3,(H,19,20). The lowest BCUT2D eigenvalue weighted by molar-refractivity contribution is -0.205. The summed E-state index contributed by atoms with van der Waals surface area (Å²) in [6, 6.07) is 0. The number of hydrogen-bond acceptors (Lipinski definition) is 3. The van der Waals surface area contributed by atoms with E-state index in [1.807, 2.05) is 12.2 Å². The van der Waals surface area contributed by atoms with Crippen molar-refractivity contribution < 1.29 is 27.9 Å². The molecule has 0 aromatic carbocycles. The second-order valence-electron chi connectivity index (χ2n) is 5.37. The molecule has 0 spiro atoms. The minimum absolute atomic E-state index is 0.307. The van der Waals surface area contributed by atoms with E-state index < -0.39 is 30.1 Å². The highest BCUT2D eigenvalue weighted by atomic mass is 19.4. The molecule has 2 atom stereocenters. The first-order valence-corrected chi connectivity index (χ1v) is 6.41. The number of carbonyl (C=O) groups excluding carboxylic acids is 1. The van der Waals surface area contributed by atoms with Crippen molar-refractivity contribution in [2.45, 2.75) is 38.4 Å². The molecule has 0 aliphatic carbocycles. The molecule has 2 N–H and O–H groups in total. The second-order valence-corrected chi connectivity index (χ2v) is 5.37. The predicted molar refractivity (Wildman–Crippen MR) is 65.1 cm³/mol. The maximum Gasteiger partial charge on any atom is 0.417 e. The number of halogens is 3. The van der Waals surface area contributed by atoms with Crippen LogP contribution in [0.25, 0.3) is 0 Å². The lowest BCUT2D eigenvalue weighted by Gasteiger charge is -2.33. The number of carboxylic acid groups (broad SMARTS) is 1. The van der Waals surface area contributed by atoms with Gasteiger partial charge in [0.1, 0.15) is 0 Å². The van der Waals surface area contributed by atoms with Gasteiger partial charge in [-0.1, -0.05) is 6.92 Å². The fourth-order valence-corrected chi connectivity index (χ4v) is 2.08. The highest BCUT2D eigenvalue weighted by Crippen LogP contribution is 2.30. The third kappa shape index (κ3) is 3.62. The van der Waals surface area contributed by atoms with E-state index in [2.05, 4.69) is 0 Å². The van der Waals surface area contributed by atoms with E-state index in [-0.39, 0.29) is 0 Å². The maximum atomic E-state index is 12.7. The van der Waals surface area contributed by atoms with E-state index in [4.69, 9.17) is 5.11 Å². The van der Waals surface area contributed by atoms with Gasteiger partial charge in [-0.3, -0.25) is 10.1 Å². The molecule has 2 unspecified atom stereocenters. The molecule has 0 bridgehead atoms. The van der Waals surface area contributed by atoms with Crippen LogP contribution in [-0.4, -0.2) is 53.2 Å². The molecule has 1 saturated heterocycles. The van der Waals surface area contributed by atoms with Gasteiger partial charge in [-0.05, 0) is 25.7 Å². The first kappa shape index (κ1) is 16.7. The molecule has 1 heterocycles. The lowest BCUT2D eigenvalue weighted by Crippen LogP contribution is -2.62. The van der Waals surface area contributed by atoms with E-state index in [0.717, 1.165) is 12.8 Å². The number of likely N-dealkylation sites (tertiary alicyclic amines) is 1. The summed E-state index contributed by atoms with van der Waals surface area (Å²) < 4.78 is 38.2. The molecule has 5 nitrogen and oxygen atoms in total. The summed E-state index contributed by atoms with van der Waals surface area (Å²) in [6.45, 7) is 2.83. The SMILES string of the molecule is CC1CCCN(C(=O)CNC(C)(C(=O)O)C(F)(F)F)C1. The van der Waals surface area contributed by atoms with E-state index in [9.17, 15) is 22.8 Å². The topological polar surface area (TPSA) is 69.6 Å². The van der Waals surface area contributed by atoms with Gasteiger partial charge in [0.15, 0.2) is 0 Å². The molecule has 116 valence electrons. The van der Waals surface area contributed by atoms with Gasteiger partial charge in [0, 0.05) is 13.1 Å². The van der Waals surface area contributed by atoms with E-state index in [1.165, 1.54) is 4.90 Å². The molecule has 1 fully saturated rings. The van der Waals surface area contributed by atoms with Gasteiger partial charge in [0.2, 0.25) is 11.4 Å². The molecule has 1 aliphatic rings. The number of piperidine rings is 1. The largest absolute Gasteiger partial charge is 0.480 e.